The van der Waals surface area contributed by atoms with Crippen molar-refractivity contribution in [3.63, 3.8) is 0 Å². The molecule has 1 aliphatic heterocycles. The third kappa shape index (κ3) is 4.32. The van der Waals surface area contributed by atoms with Gasteiger partial charge in [-0.2, -0.15) is 0 Å². The second-order valence-electron chi connectivity index (χ2n) is 8.29. The van der Waals surface area contributed by atoms with Crippen LogP contribution in [0.4, 0.5) is 10.1 Å². The van der Waals surface area contributed by atoms with Crippen LogP contribution in [0.1, 0.15) is 23.1 Å². The lowest BCUT2D eigenvalue weighted by Crippen LogP contribution is -2.30. The number of hydrogen-bond acceptors (Lipinski definition) is 5. The molecule has 0 aliphatic carbocycles. The quantitative estimate of drug-likeness (QED) is 0.364. The molecule has 1 aliphatic rings. The number of aromatic amines is 2. The number of H-pyrrole nitrogens is 2. The van der Waals surface area contributed by atoms with Gasteiger partial charge in [0.1, 0.15) is 24.5 Å². The molecule has 0 saturated heterocycles. The highest BCUT2D eigenvalue weighted by Crippen LogP contribution is 2.37. The number of anilines is 1. The van der Waals surface area contributed by atoms with E-state index in [-0.39, 0.29) is 24.5 Å². The molecule has 0 radical (unpaired) electrons. The Bertz CT molecular complexity index is 1590. The molecule has 0 unspecified atom stereocenters. The highest BCUT2D eigenvalue weighted by Gasteiger charge is 2.33. The van der Waals surface area contributed by atoms with Crippen LogP contribution in [-0.4, -0.2) is 31.2 Å². The molecule has 10 heteroatoms. The van der Waals surface area contributed by atoms with Crippen molar-refractivity contribution < 1.29 is 22.3 Å². The number of nitrogens with zero attached hydrogens (tertiary/aromatic N) is 1. The molecule has 1 aromatic heterocycles. The fourth-order valence-corrected chi connectivity index (χ4v) is 5.92. The van der Waals surface area contributed by atoms with Gasteiger partial charge in [-0.05, 0) is 48.2 Å². The van der Waals surface area contributed by atoms with Crippen LogP contribution >= 0.6 is 0 Å². The summed E-state index contributed by atoms with van der Waals surface area (Å²) in [5, 5.41) is 0. The van der Waals surface area contributed by atoms with Crippen molar-refractivity contribution in [2.75, 3.05) is 10.8 Å². The van der Waals surface area contributed by atoms with E-state index in [1.165, 1.54) is 22.5 Å². The number of rotatable bonds is 8. The molecule has 4 aromatic rings. The standard InChI is InChI=1S/C25H22FN3O5S/c26-21-13-19(7-6-16(21)5-2-12-30)34-15-18-4-1-3-17-10-11-29(24(17)18)35(32,33)20-8-9-22-23(14-20)28-25(31)27-22/h1,3-4,6-9,12-14H,2,5,10-11,15H2,(H2,27,28,31). The zero-order chi connectivity index (χ0) is 24.6. The number of para-hydroxylation sites is 1. The first-order valence-corrected chi connectivity index (χ1v) is 12.5. The van der Waals surface area contributed by atoms with Gasteiger partial charge in [0.05, 0.1) is 21.6 Å². The molecular weight excluding hydrogens is 473 g/mol. The zero-order valence-corrected chi connectivity index (χ0v) is 19.4. The van der Waals surface area contributed by atoms with Gasteiger partial charge in [0.25, 0.3) is 10.0 Å². The van der Waals surface area contributed by atoms with Crippen molar-refractivity contribution in [3.05, 3.63) is 87.6 Å². The van der Waals surface area contributed by atoms with Crippen molar-refractivity contribution in [1.29, 1.82) is 0 Å². The minimum absolute atomic E-state index is 0.0481. The average Bonchev–Trinajstić information content (AvgIpc) is 3.45. The monoisotopic (exact) mass is 495 g/mol. The van der Waals surface area contributed by atoms with Gasteiger partial charge in [0, 0.05) is 24.6 Å². The van der Waals surface area contributed by atoms with E-state index in [1.54, 1.807) is 24.3 Å². The maximum atomic E-state index is 14.3. The summed E-state index contributed by atoms with van der Waals surface area (Å²) in [7, 11) is -3.91. The van der Waals surface area contributed by atoms with Crippen LogP contribution in [0.2, 0.25) is 0 Å². The third-order valence-corrected chi connectivity index (χ3v) is 7.86. The summed E-state index contributed by atoms with van der Waals surface area (Å²) in [5.41, 5.74) is 3.04. The van der Waals surface area contributed by atoms with Gasteiger partial charge in [-0.15, -0.1) is 0 Å². The largest absolute Gasteiger partial charge is 0.489 e. The number of carbonyl (C=O) groups excluding carboxylic acids is 1. The van der Waals surface area contributed by atoms with E-state index in [2.05, 4.69) is 9.97 Å². The van der Waals surface area contributed by atoms with Crippen LogP contribution in [0.5, 0.6) is 5.75 Å². The number of hydrogen-bond donors (Lipinski definition) is 2. The molecule has 0 fully saturated rings. The van der Waals surface area contributed by atoms with Gasteiger partial charge in [-0.1, -0.05) is 24.3 Å². The minimum atomic E-state index is -3.91. The van der Waals surface area contributed by atoms with E-state index in [4.69, 9.17) is 4.74 Å². The van der Waals surface area contributed by atoms with Crippen molar-refractivity contribution in [2.45, 2.75) is 30.8 Å². The van der Waals surface area contributed by atoms with Gasteiger partial charge in [-0.3, -0.25) is 4.31 Å². The predicted molar refractivity (Wildman–Crippen MR) is 129 cm³/mol. The Balaban J connectivity index is 1.42. The van der Waals surface area contributed by atoms with E-state index in [0.29, 0.717) is 46.4 Å². The SMILES string of the molecule is O=CCCc1ccc(OCc2cccc3c2N(S(=O)(=O)c2ccc4[nH]c(=O)[nH]c4c2)CC3)cc1F. The van der Waals surface area contributed by atoms with Gasteiger partial charge >= 0.3 is 5.69 Å². The summed E-state index contributed by atoms with van der Waals surface area (Å²) in [6.07, 6.45) is 1.85. The number of halogens is 1. The first-order chi connectivity index (χ1) is 16.9. The maximum Gasteiger partial charge on any atom is 0.323 e. The molecule has 35 heavy (non-hydrogen) atoms. The highest BCUT2D eigenvalue weighted by molar-refractivity contribution is 7.92. The molecule has 8 nitrogen and oxygen atoms in total. The number of carbonyl (C=O) groups is 1. The lowest BCUT2D eigenvalue weighted by molar-refractivity contribution is -0.107. The molecule has 5 rings (SSSR count). The molecule has 0 saturated carbocycles. The average molecular weight is 496 g/mol. The fraction of sp³-hybridized carbons (Fsp3) is 0.200. The normalized spacial score (nSPS) is 13.2. The second-order valence-corrected chi connectivity index (χ2v) is 10.1. The van der Waals surface area contributed by atoms with Crippen LogP contribution in [0.25, 0.3) is 11.0 Å². The molecule has 0 spiro atoms. The minimum Gasteiger partial charge on any atom is -0.489 e. The molecule has 180 valence electrons. The Morgan fingerprint density at radius 3 is 2.66 bits per heavy atom. The molecule has 0 amide bonds. The van der Waals surface area contributed by atoms with Crippen LogP contribution in [0, 0.1) is 5.82 Å². The Morgan fingerprint density at radius 1 is 1.03 bits per heavy atom. The first-order valence-electron chi connectivity index (χ1n) is 11.1. The number of nitrogens with one attached hydrogen (secondary N) is 2. The van der Waals surface area contributed by atoms with Crippen LogP contribution < -0.4 is 14.7 Å². The predicted octanol–water partition coefficient (Wildman–Crippen LogP) is 3.46. The van der Waals surface area contributed by atoms with Crippen molar-refractivity contribution in [3.8, 4) is 5.75 Å². The van der Waals surface area contributed by atoms with Crippen molar-refractivity contribution in [1.82, 2.24) is 9.97 Å². The van der Waals surface area contributed by atoms with Gasteiger partial charge in [0.15, 0.2) is 0 Å². The molecule has 0 atom stereocenters. The molecular formula is C25H22FN3O5S. The number of aldehydes is 1. The highest BCUT2D eigenvalue weighted by atomic mass is 32.2. The summed E-state index contributed by atoms with van der Waals surface area (Å²) < 4.78 is 48.6. The maximum absolute atomic E-state index is 14.3. The van der Waals surface area contributed by atoms with Gasteiger partial charge in [0.2, 0.25) is 0 Å². The Morgan fingerprint density at radius 2 is 1.86 bits per heavy atom. The van der Waals surface area contributed by atoms with Crippen LogP contribution in [-0.2, 0) is 34.3 Å². The number of aromatic nitrogens is 2. The van der Waals surface area contributed by atoms with E-state index in [9.17, 15) is 22.4 Å². The lowest BCUT2D eigenvalue weighted by atomic mass is 10.1. The van der Waals surface area contributed by atoms with E-state index in [0.717, 1.165) is 11.8 Å². The van der Waals surface area contributed by atoms with E-state index < -0.39 is 21.5 Å². The molecule has 2 heterocycles. The van der Waals surface area contributed by atoms with Crippen LogP contribution in [0.3, 0.4) is 0 Å². The summed E-state index contributed by atoms with van der Waals surface area (Å²) in [6.45, 7) is 0.322. The summed E-state index contributed by atoms with van der Waals surface area (Å²) >= 11 is 0. The van der Waals surface area contributed by atoms with Gasteiger partial charge < -0.3 is 19.5 Å². The molecule has 0 bridgehead atoms. The second kappa shape index (κ2) is 9.03. The number of aryl methyl sites for hydroxylation is 1. The zero-order valence-electron chi connectivity index (χ0n) is 18.6. The van der Waals surface area contributed by atoms with E-state index in [1.807, 2.05) is 12.1 Å². The van der Waals surface area contributed by atoms with E-state index >= 15 is 0 Å². The Hall–Kier alpha value is -3.92. The van der Waals surface area contributed by atoms with Gasteiger partial charge in [-0.25, -0.2) is 17.6 Å². The Labute approximate surface area is 200 Å². The van der Waals surface area contributed by atoms with Crippen molar-refractivity contribution >= 4 is 33.0 Å². The van der Waals surface area contributed by atoms with Crippen LogP contribution in [0.15, 0.2) is 64.3 Å². The summed E-state index contributed by atoms with van der Waals surface area (Å²) in [4.78, 5) is 27.4. The smallest absolute Gasteiger partial charge is 0.323 e. The van der Waals surface area contributed by atoms with Crippen molar-refractivity contribution in [2.24, 2.45) is 0 Å². The first kappa shape index (κ1) is 22.9. The topological polar surface area (TPSA) is 112 Å². The fourth-order valence-electron chi connectivity index (χ4n) is 4.35. The summed E-state index contributed by atoms with van der Waals surface area (Å²) in [6, 6.07) is 14.5. The number of imidazole rings is 1. The lowest BCUT2D eigenvalue weighted by Gasteiger charge is -2.22. The number of benzene rings is 3. The number of sulfonamides is 1. The Kier molecular flexibility index (Phi) is 5.89. The number of fused-ring (bicyclic) bond motifs is 2. The molecule has 2 N–H and O–H groups in total. The third-order valence-electron chi connectivity index (χ3n) is 6.06. The number of ether oxygens (including phenoxy) is 1. The summed E-state index contributed by atoms with van der Waals surface area (Å²) in [5.74, 6) is -0.144. The molecule has 3 aromatic carbocycles.